The lowest BCUT2D eigenvalue weighted by atomic mass is 10.1. The molecule has 0 saturated carbocycles. The molecule has 3 N–H and O–H groups in total. The molecule has 0 spiro atoms. The first-order chi connectivity index (χ1) is 28.7. The van der Waals surface area contributed by atoms with Crippen molar-refractivity contribution in [2.45, 2.75) is 200 Å². The number of carbonyl (C=O) groups is 4. The topological polar surface area (TPSA) is 237 Å². The van der Waals surface area contributed by atoms with Crippen LogP contribution >= 0.6 is 15.6 Å². The summed E-state index contributed by atoms with van der Waals surface area (Å²) < 4.78 is 66.0. The van der Waals surface area contributed by atoms with Crippen LogP contribution in [0.1, 0.15) is 182 Å². The minimum Gasteiger partial charge on any atom is -0.462 e. The summed E-state index contributed by atoms with van der Waals surface area (Å²) in [5, 5.41) is 10.3. The molecule has 354 valence electrons. The van der Waals surface area contributed by atoms with Crippen molar-refractivity contribution in [3.05, 3.63) is 0 Å². The average Bonchev–Trinajstić information content (AvgIpc) is 3.21. The van der Waals surface area contributed by atoms with Gasteiger partial charge in [-0.25, -0.2) is 9.13 Å². The van der Waals surface area contributed by atoms with E-state index in [2.05, 4.69) is 13.8 Å². The molecule has 5 atom stereocenters. The molecule has 0 amide bonds. The van der Waals surface area contributed by atoms with Gasteiger partial charge in [-0.15, -0.1) is 0 Å². The van der Waals surface area contributed by atoms with Crippen LogP contribution in [-0.4, -0.2) is 96.7 Å². The Kier molecular flexibility index (Phi) is 36.4. The minimum atomic E-state index is -4.90. The molecule has 17 nitrogen and oxygen atoms in total. The summed E-state index contributed by atoms with van der Waals surface area (Å²) in [6.45, 7) is 4.19. The van der Waals surface area contributed by atoms with E-state index >= 15 is 0 Å². The lowest BCUT2D eigenvalue weighted by molar-refractivity contribution is -0.161. The third-order valence-electron chi connectivity index (χ3n) is 9.10. The van der Waals surface area contributed by atoms with Crippen LogP contribution in [0.2, 0.25) is 0 Å². The average molecular weight is 905 g/mol. The number of hydrogen-bond acceptors (Lipinski definition) is 15. The molecule has 0 bridgehead atoms. The predicted octanol–water partition coefficient (Wildman–Crippen LogP) is 8.97. The molecule has 0 aromatic carbocycles. The van der Waals surface area contributed by atoms with E-state index in [0.717, 1.165) is 89.9 Å². The van der Waals surface area contributed by atoms with Crippen molar-refractivity contribution < 1.29 is 80.2 Å². The highest BCUT2D eigenvalue weighted by Crippen LogP contribution is 2.45. The number of rotatable bonds is 42. The Morgan fingerprint density at radius 3 is 1.07 bits per heavy atom. The van der Waals surface area contributed by atoms with E-state index in [9.17, 15) is 43.2 Å². The second-order valence-electron chi connectivity index (χ2n) is 15.0. The predicted molar refractivity (Wildman–Crippen MR) is 225 cm³/mol. The first-order valence-electron chi connectivity index (χ1n) is 22.3. The molecular formula is C41H78O17P2. The normalized spacial score (nSPS) is 15.0. The standard InChI is InChI=1S/C41H78O17P2/c1-5-9-13-15-17-19-21-24-28-41(46)57-36(31-51-38(43)25-12-8-4)33-55-59(47,48)53-29-35(42)30-54-60(49,50)56-34-37(32-52-39(44)26-22-11-7-3)58-40(45)27-23-20-18-16-14-10-6-2/h35-37,42H,5-34H2,1-4H3,(H,47,48)(H,49,50)/t35-,36+,37+/m0/s1. The summed E-state index contributed by atoms with van der Waals surface area (Å²) in [5.74, 6) is -2.24. The number of phosphoric acid groups is 2. The second-order valence-corrected chi connectivity index (χ2v) is 17.9. The maximum Gasteiger partial charge on any atom is 0.472 e. The molecule has 0 aromatic rings. The fraction of sp³-hybridized carbons (Fsp3) is 0.902. The SMILES string of the molecule is CCCCCCCCCCC(=O)O[C@H](COC(=O)CCCC)COP(=O)(O)OC[C@H](O)COP(=O)(O)OC[C@@H](COC(=O)CCCCC)OC(=O)CCCCCCCCC. The van der Waals surface area contributed by atoms with Crippen molar-refractivity contribution in [3.63, 3.8) is 0 Å². The zero-order chi connectivity index (χ0) is 44.9. The van der Waals surface area contributed by atoms with Crippen molar-refractivity contribution >= 4 is 39.5 Å². The Bertz CT molecular complexity index is 1220. The summed E-state index contributed by atoms with van der Waals surface area (Å²) in [6, 6.07) is 0. The zero-order valence-corrected chi connectivity index (χ0v) is 38.7. The Morgan fingerprint density at radius 1 is 0.400 bits per heavy atom. The van der Waals surface area contributed by atoms with E-state index in [1.54, 1.807) is 0 Å². The fourth-order valence-electron chi connectivity index (χ4n) is 5.55. The maximum absolute atomic E-state index is 12.6. The van der Waals surface area contributed by atoms with Crippen molar-refractivity contribution in [2.24, 2.45) is 0 Å². The van der Waals surface area contributed by atoms with Gasteiger partial charge in [-0.3, -0.25) is 37.3 Å². The van der Waals surface area contributed by atoms with Crippen molar-refractivity contribution in [2.75, 3.05) is 39.6 Å². The van der Waals surface area contributed by atoms with Crippen molar-refractivity contribution in [1.29, 1.82) is 0 Å². The van der Waals surface area contributed by atoms with Crippen molar-refractivity contribution in [3.8, 4) is 0 Å². The van der Waals surface area contributed by atoms with Gasteiger partial charge in [-0.05, 0) is 25.7 Å². The van der Waals surface area contributed by atoms with Gasteiger partial charge < -0.3 is 33.8 Å². The van der Waals surface area contributed by atoms with Crippen molar-refractivity contribution in [1.82, 2.24) is 0 Å². The summed E-state index contributed by atoms with van der Waals surface area (Å²) in [7, 11) is -9.80. The van der Waals surface area contributed by atoms with Crippen LogP contribution in [0.15, 0.2) is 0 Å². The van der Waals surface area contributed by atoms with Crippen LogP contribution in [0.4, 0.5) is 0 Å². The van der Waals surface area contributed by atoms with E-state index in [0.29, 0.717) is 25.7 Å². The summed E-state index contributed by atoms with van der Waals surface area (Å²) in [5.41, 5.74) is 0. The van der Waals surface area contributed by atoms with E-state index in [1.165, 1.54) is 12.8 Å². The number of aliphatic hydroxyl groups is 1. The molecule has 2 unspecified atom stereocenters. The van der Waals surface area contributed by atoms with Crippen LogP contribution in [0.25, 0.3) is 0 Å². The van der Waals surface area contributed by atoms with Gasteiger partial charge in [-0.1, -0.05) is 130 Å². The highest BCUT2D eigenvalue weighted by atomic mass is 31.2. The van der Waals surface area contributed by atoms with Crippen LogP contribution in [-0.2, 0) is 65.4 Å². The summed E-state index contributed by atoms with van der Waals surface area (Å²) >= 11 is 0. The molecule has 0 saturated heterocycles. The quantitative estimate of drug-likeness (QED) is 0.0224. The third kappa shape index (κ3) is 36.7. The van der Waals surface area contributed by atoms with E-state index in [1.807, 2.05) is 13.8 Å². The molecule has 0 fully saturated rings. The maximum atomic E-state index is 12.6. The number of aliphatic hydroxyl groups excluding tert-OH is 1. The molecule has 0 aliphatic carbocycles. The van der Waals surface area contributed by atoms with Gasteiger partial charge >= 0.3 is 39.5 Å². The van der Waals surface area contributed by atoms with Gasteiger partial charge in [0.1, 0.15) is 19.3 Å². The summed E-state index contributed by atoms with van der Waals surface area (Å²) in [4.78, 5) is 69.8. The Morgan fingerprint density at radius 2 is 0.683 bits per heavy atom. The van der Waals surface area contributed by atoms with Crippen LogP contribution < -0.4 is 0 Å². The fourth-order valence-corrected chi connectivity index (χ4v) is 7.13. The second kappa shape index (κ2) is 37.6. The molecule has 60 heavy (non-hydrogen) atoms. The first kappa shape index (κ1) is 58.1. The highest BCUT2D eigenvalue weighted by molar-refractivity contribution is 7.47. The van der Waals surface area contributed by atoms with E-state index in [4.69, 9.17) is 37.0 Å². The number of phosphoric ester groups is 2. The number of unbranched alkanes of at least 4 members (excludes halogenated alkanes) is 16. The Hall–Kier alpha value is -1.94. The van der Waals surface area contributed by atoms with E-state index in [-0.39, 0.29) is 25.7 Å². The van der Waals surface area contributed by atoms with Gasteiger partial charge in [0.05, 0.1) is 26.4 Å². The summed E-state index contributed by atoms with van der Waals surface area (Å²) in [6.07, 6.45) is 15.1. The molecule has 0 rings (SSSR count). The molecule has 0 aromatic heterocycles. The molecule has 19 heteroatoms. The van der Waals surface area contributed by atoms with Crippen LogP contribution in [0.5, 0.6) is 0 Å². The molecule has 0 aliphatic rings. The molecule has 0 radical (unpaired) electrons. The van der Waals surface area contributed by atoms with Gasteiger partial charge in [0.25, 0.3) is 0 Å². The largest absolute Gasteiger partial charge is 0.472 e. The number of ether oxygens (including phenoxy) is 4. The zero-order valence-electron chi connectivity index (χ0n) is 36.9. The molecule has 0 heterocycles. The van der Waals surface area contributed by atoms with Gasteiger partial charge in [0, 0.05) is 25.7 Å². The first-order valence-corrected chi connectivity index (χ1v) is 25.3. The lowest BCUT2D eigenvalue weighted by Gasteiger charge is -2.21. The monoisotopic (exact) mass is 904 g/mol. The van der Waals surface area contributed by atoms with Crippen LogP contribution in [0.3, 0.4) is 0 Å². The van der Waals surface area contributed by atoms with Gasteiger partial charge in [0.2, 0.25) is 0 Å². The molecular weight excluding hydrogens is 826 g/mol. The smallest absolute Gasteiger partial charge is 0.462 e. The van der Waals surface area contributed by atoms with Gasteiger partial charge in [-0.2, -0.15) is 0 Å². The number of esters is 4. The van der Waals surface area contributed by atoms with E-state index < -0.39 is 97.5 Å². The third-order valence-corrected chi connectivity index (χ3v) is 11.0. The lowest BCUT2D eigenvalue weighted by Crippen LogP contribution is -2.30. The van der Waals surface area contributed by atoms with Gasteiger partial charge in [0.15, 0.2) is 12.2 Å². The number of hydrogen-bond donors (Lipinski definition) is 3. The minimum absolute atomic E-state index is 0.101. The Balaban J connectivity index is 5.03. The highest BCUT2D eigenvalue weighted by Gasteiger charge is 2.30. The number of carbonyl (C=O) groups excluding carboxylic acids is 4. The Labute approximate surface area is 358 Å². The van der Waals surface area contributed by atoms with Crippen LogP contribution in [0, 0.1) is 0 Å². The molecule has 0 aliphatic heterocycles.